The highest BCUT2D eigenvalue weighted by Crippen LogP contribution is 2.15. The molecule has 0 bridgehead atoms. The molecule has 0 amide bonds. The van der Waals surface area contributed by atoms with Crippen LogP contribution in [0.1, 0.15) is 12.0 Å². The fourth-order valence-corrected chi connectivity index (χ4v) is 4.24. The molecule has 0 aliphatic carbocycles. The minimum Gasteiger partial charge on any atom is -0.497 e. The van der Waals surface area contributed by atoms with Crippen LogP contribution in [0.2, 0.25) is 0 Å². The summed E-state index contributed by atoms with van der Waals surface area (Å²) in [5, 5.41) is 0. The van der Waals surface area contributed by atoms with Crippen molar-refractivity contribution in [2.75, 3.05) is 59.3 Å². The first-order valence-electron chi connectivity index (χ1n) is 8.37. The van der Waals surface area contributed by atoms with Gasteiger partial charge in [-0.15, -0.1) is 0 Å². The van der Waals surface area contributed by atoms with Gasteiger partial charge in [0.05, 0.1) is 19.5 Å². The quantitative estimate of drug-likeness (QED) is 0.666. The maximum absolute atomic E-state index is 12.1. The van der Waals surface area contributed by atoms with E-state index >= 15 is 0 Å². The summed E-state index contributed by atoms with van der Waals surface area (Å²) in [5.74, 6) is 0.960. The number of hydrogen-bond acceptors (Lipinski definition) is 5. The van der Waals surface area contributed by atoms with Gasteiger partial charge in [0, 0.05) is 33.3 Å². The fraction of sp³-hybridized carbons (Fsp3) is 0.647. The minimum atomic E-state index is -3.17. The number of hydrogen-bond donors (Lipinski definition) is 0. The van der Waals surface area contributed by atoms with Gasteiger partial charge < -0.3 is 14.4 Å². The number of sulfonamides is 1. The van der Waals surface area contributed by atoms with Crippen LogP contribution in [0.4, 0.5) is 0 Å². The summed E-state index contributed by atoms with van der Waals surface area (Å²) >= 11 is 0. The third-order valence-electron chi connectivity index (χ3n) is 4.34. The molecule has 1 fully saturated rings. The van der Waals surface area contributed by atoms with E-state index in [1.165, 1.54) is 12.7 Å². The molecule has 1 aromatic carbocycles. The number of ether oxygens (including phenoxy) is 2. The molecule has 2 rings (SSSR count). The van der Waals surface area contributed by atoms with Crippen LogP contribution in [0.15, 0.2) is 24.3 Å². The van der Waals surface area contributed by atoms with E-state index in [0.29, 0.717) is 13.1 Å². The Hall–Kier alpha value is -1.15. The summed E-state index contributed by atoms with van der Waals surface area (Å²) in [6.45, 7) is 3.98. The normalized spacial score (nSPS) is 17.1. The third kappa shape index (κ3) is 5.73. The Morgan fingerprint density at radius 3 is 2.54 bits per heavy atom. The summed E-state index contributed by atoms with van der Waals surface area (Å²) in [7, 11) is 0.0311. The number of nitrogens with zero attached hydrogens (tertiary/aromatic N) is 2. The van der Waals surface area contributed by atoms with Gasteiger partial charge in [0.2, 0.25) is 10.0 Å². The van der Waals surface area contributed by atoms with Gasteiger partial charge in [-0.2, -0.15) is 4.31 Å². The second-order valence-corrected chi connectivity index (χ2v) is 8.09. The van der Waals surface area contributed by atoms with E-state index in [9.17, 15) is 8.42 Å². The van der Waals surface area contributed by atoms with Gasteiger partial charge in [0.25, 0.3) is 0 Å². The first-order chi connectivity index (χ1) is 11.5. The van der Waals surface area contributed by atoms with Crippen LogP contribution in [0.3, 0.4) is 0 Å². The standard InChI is InChI=1S/C17H28N2O4S/c1-22-13-14-24(20,21)19-11-9-18(10-12-19)8-4-6-16-5-3-7-17(15-16)23-2/h3,5,7,15H,4,6,8-14H2,1-2H3. The Morgan fingerprint density at radius 1 is 1.12 bits per heavy atom. The van der Waals surface area contributed by atoms with Crippen LogP contribution in [-0.2, 0) is 21.2 Å². The zero-order valence-electron chi connectivity index (χ0n) is 14.6. The summed E-state index contributed by atoms with van der Waals surface area (Å²) in [6, 6.07) is 8.15. The van der Waals surface area contributed by atoms with E-state index in [0.717, 1.165) is 38.2 Å². The maximum atomic E-state index is 12.1. The number of rotatable bonds is 9. The van der Waals surface area contributed by atoms with Crippen LogP contribution in [0.25, 0.3) is 0 Å². The highest BCUT2D eigenvalue weighted by molar-refractivity contribution is 7.89. The van der Waals surface area contributed by atoms with E-state index in [-0.39, 0.29) is 12.4 Å². The lowest BCUT2D eigenvalue weighted by Gasteiger charge is -2.34. The highest BCUT2D eigenvalue weighted by atomic mass is 32.2. The topological polar surface area (TPSA) is 59.1 Å². The Labute approximate surface area is 145 Å². The third-order valence-corrected chi connectivity index (χ3v) is 6.18. The summed E-state index contributed by atoms with van der Waals surface area (Å²) in [6.07, 6.45) is 2.06. The second-order valence-electron chi connectivity index (χ2n) is 6.00. The summed E-state index contributed by atoms with van der Waals surface area (Å²) in [4.78, 5) is 2.34. The average molecular weight is 356 g/mol. The molecule has 1 saturated heterocycles. The van der Waals surface area contributed by atoms with E-state index in [4.69, 9.17) is 9.47 Å². The van der Waals surface area contributed by atoms with Crippen molar-refractivity contribution < 1.29 is 17.9 Å². The molecule has 0 radical (unpaired) electrons. The smallest absolute Gasteiger partial charge is 0.216 e. The Balaban J connectivity index is 1.71. The van der Waals surface area contributed by atoms with Crippen LogP contribution in [0, 0.1) is 0 Å². The van der Waals surface area contributed by atoms with Gasteiger partial charge in [-0.25, -0.2) is 8.42 Å². The van der Waals surface area contributed by atoms with Crippen molar-refractivity contribution in [2.24, 2.45) is 0 Å². The second kappa shape index (κ2) is 9.36. The number of benzene rings is 1. The van der Waals surface area contributed by atoms with Crippen LogP contribution in [-0.4, -0.2) is 76.9 Å². The van der Waals surface area contributed by atoms with Crippen molar-refractivity contribution in [3.8, 4) is 5.75 Å². The first-order valence-corrected chi connectivity index (χ1v) is 9.98. The first kappa shape index (κ1) is 19.2. The Morgan fingerprint density at radius 2 is 1.88 bits per heavy atom. The van der Waals surface area contributed by atoms with Crippen LogP contribution >= 0.6 is 0 Å². The molecule has 0 saturated carbocycles. The number of aryl methyl sites for hydroxylation is 1. The van der Waals surface area contributed by atoms with Crippen molar-refractivity contribution >= 4 is 10.0 Å². The van der Waals surface area contributed by atoms with Gasteiger partial charge in [0.15, 0.2) is 0 Å². The zero-order valence-corrected chi connectivity index (χ0v) is 15.4. The Bertz CT molecular complexity index is 598. The van der Waals surface area contributed by atoms with E-state index in [1.807, 2.05) is 12.1 Å². The molecular formula is C17H28N2O4S. The van der Waals surface area contributed by atoms with Crippen molar-refractivity contribution in [2.45, 2.75) is 12.8 Å². The lowest BCUT2D eigenvalue weighted by atomic mass is 10.1. The van der Waals surface area contributed by atoms with Gasteiger partial charge in [-0.05, 0) is 37.1 Å². The molecule has 0 aromatic heterocycles. The molecule has 1 aliphatic heterocycles. The summed E-state index contributed by atoms with van der Waals surface area (Å²) in [5.41, 5.74) is 1.27. The minimum absolute atomic E-state index is 0.0688. The largest absolute Gasteiger partial charge is 0.497 e. The molecule has 0 spiro atoms. The predicted octanol–water partition coefficient (Wildman–Crippen LogP) is 1.22. The van der Waals surface area contributed by atoms with E-state index < -0.39 is 10.0 Å². The van der Waals surface area contributed by atoms with Gasteiger partial charge in [-0.1, -0.05) is 12.1 Å². The molecule has 24 heavy (non-hydrogen) atoms. The van der Waals surface area contributed by atoms with E-state index in [1.54, 1.807) is 11.4 Å². The van der Waals surface area contributed by atoms with E-state index in [2.05, 4.69) is 17.0 Å². The highest BCUT2D eigenvalue weighted by Gasteiger charge is 2.26. The SMILES string of the molecule is COCCS(=O)(=O)N1CCN(CCCc2cccc(OC)c2)CC1. The molecular weight excluding hydrogens is 328 g/mol. The zero-order chi connectivity index (χ0) is 17.4. The number of piperazine rings is 1. The van der Waals surface area contributed by atoms with Crippen LogP contribution in [0.5, 0.6) is 5.75 Å². The van der Waals surface area contributed by atoms with Crippen molar-refractivity contribution in [3.05, 3.63) is 29.8 Å². The monoisotopic (exact) mass is 356 g/mol. The maximum Gasteiger partial charge on any atom is 0.216 e. The molecule has 1 aromatic rings. The molecule has 7 heteroatoms. The van der Waals surface area contributed by atoms with Crippen molar-refractivity contribution in [3.63, 3.8) is 0 Å². The molecule has 6 nitrogen and oxygen atoms in total. The van der Waals surface area contributed by atoms with Gasteiger partial charge in [-0.3, -0.25) is 0 Å². The molecule has 1 heterocycles. The van der Waals surface area contributed by atoms with Gasteiger partial charge >= 0.3 is 0 Å². The molecule has 1 aliphatic rings. The molecule has 136 valence electrons. The van der Waals surface area contributed by atoms with Crippen molar-refractivity contribution in [1.82, 2.24) is 9.21 Å². The average Bonchev–Trinajstić information content (AvgIpc) is 2.61. The summed E-state index contributed by atoms with van der Waals surface area (Å²) < 4.78 is 36.0. The molecule has 0 N–H and O–H groups in total. The Kier molecular flexibility index (Phi) is 7.48. The lowest BCUT2D eigenvalue weighted by molar-refractivity contribution is 0.183. The lowest BCUT2D eigenvalue weighted by Crippen LogP contribution is -2.49. The fourth-order valence-electron chi connectivity index (χ4n) is 2.88. The number of methoxy groups -OCH3 is 2. The van der Waals surface area contributed by atoms with Gasteiger partial charge in [0.1, 0.15) is 5.75 Å². The predicted molar refractivity (Wildman–Crippen MR) is 95.0 cm³/mol. The van der Waals surface area contributed by atoms with Crippen LogP contribution < -0.4 is 4.74 Å². The molecule has 0 unspecified atom stereocenters. The molecule has 0 atom stereocenters. The van der Waals surface area contributed by atoms with Crippen molar-refractivity contribution in [1.29, 1.82) is 0 Å².